The van der Waals surface area contributed by atoms with Crippen LogP contribution in [0.25, 0.3) is 0 Å². The molecule has 0 aromatic carbocycles. The Kier molecular flexibility index (Phi) is 4.42. The molecule has 1 fully saturated rings. The second-order valence-electron chi connectivity index (χ2n) is 3.58. The average molecular weight is 320 g/mol. The van der Waals surface area contributed by atoms with Crippen molar-refractivity contribution in [2.24, 2.45) is 0 Å². The molecule has 0 bridgehead atoms. The highest BCUT2D eigenvalue weighted by Crippen LogP contribution is 2.34. The summed E-state index contributed by atoms with van der Waals surface area (Å²) in [5.74, 6) is -0.260. The van der Waals surface area contributed by atoms with E-state index in [9.17, 15) is 4.79 Å². The van der Waals surface area contributed by atoms with Gasteiger partial charge in [0.15, 0.2) is 0 Å². The highest BCUT2D eigenvalue weighted by atomic mass is 79.9. The molecule has 0 spiro atoms. The number of morpholine rings is 1. The van der Waals surface area contributed by atoms with E-state index in [1.165, 1.54) is 11.3 Å². The van der Waals surface area contributed by atoms with Gasteiger partial charge < -0.3 is 14.4 Å². The van der Waals surface area contributed by atoms with E-state index in [1.54, 1.807) is 0 Å². The molecule has 0 radical (unpaired) electrons. The maximum Gasteiger partial charge on any atom is 0.349 e. The van der Waals surface area contributed by atoms with Crippen LogP contribution in [-0.4, -0.2) is 38.9 Å². The van der Waals surface area contributed by atoms with Crippen LogP contribution < -0.4 is 4.90 Å². The van der Waals surface area contributed by atoms with Crippen LogP contribution in [0.3, 0.4) is 0 Å². The van der Waals surface area contributed by atoms with E-state index in [-0.39, 0.29) is 5.97 Å². The van der Waals surface area contributed by atoms with E-state index in [0.717, 1.165) is 35.8 Å². The first kappa shape index (κ1) is 12.9. The fourth-order valence-electron chi connectivity index (χ4n) is 1.63. The lowest BCUT2D eigenvalue weighted by Gasteiger charge is -2.27. The van der Waals surface area contributed by atoms with E-state index in [2.05, 4.69) is 20.8 Å². The molecule has 94 valence electrons. The maximum absolute atomic E-state index is 11.7. The highest BCUT2D eigenvalue weighted by Gasteiger charge is 2.20. The van der Waals surface area contributed by atoms with Gasteiger partial charge in [-0.1, -0.05) is 0 Å². The molecule has 1 aromatic rings. The molecule has 2 rings (SSSR count). The van der Waals surface area contributed by atoms with Crippen LogP contribution >= 0.6 is 27.3 Å². The van der Waals surface area contributed by atoms with Crippen molar-refractivity contribution < 1.29 is 14.3 Å². The minimum absolute atomic E-state index is 0.260. The number of ether oxygens (including phenoxy) is 2. The number of carbonyl (C=O) groups excluding carboxylic acids is 1. The van der Waals surface area contributed by atoms with Crippen LogP contribution in [0.5, 0.6) is 0 Å². The number of carbonyl (C=O) groups is 1. The van der Waals surface area contributed by atoms with Crippen LogP contribution in [0.15, 0.2) is 10.5 Å². The molecule has 0 aliphatic carbocycles. The number of thiophene rings is 1. The Morgan fingerprint density at radius 1 is 1.59 bits per heavy atom. The second kappa shape index (κ2) is 5.84. The molecule has 1 aliphatic heterocycles. The summed E-state index contributed by atoms with van der Waals surface area (Å²) in [5.41, 5.74) is 0. The molecular weight excluding hydrogens is 306 g/mol. The maximum atomic E-state index is 11.7. The first-order valence-corrected chi connectivity index (χ1v) is 7.12. The predicted molar refractivity (Wildman–Crippen MR) is 71.0 cm³/mol. The van der Waals surface area contributed by atoms with Gasteiger partial charge in [0, 0.05) is 17.6 Å². The predicted octanol–water partition coefficient (Wildman–Crippen LogP) is 2.52. The Morgan fingerprint density at radius 3 is 2.94 bits per heavy atom. The number of rotatable bonds is 3. The van der Waals surface area contributed by atoms with Crippen LogP contribution in [0.1, 0.15) is 16.6 Å². The van der Waals surface area contributed by atoms with Crippen molar-refractivity contribution in [1.29, 1.82) is 0 Å². The first-order valence-electron chi connectivity index (χ1n) is 5.51. The van der Waals surface area contributed by atoms with E-state index >= 15 is 0 Å². The van der Waals surface area contributed by atoms with E-state index in [4.69, 9.17) is 9.47 Å². The fourth-order valence-corrected chi connectivity index (χ4v) is 3.40. The molecule has 0 unspecified atom stereocenters. The van der Waals surface area contributed by atoms with Gasteiger partial charge in [-0.25, -0.2) is 4.79 Å². The van der Waals surface area contributed by atoms with Gasteiger partial charge in [0.1, 0.15) is 4.88 Å². The second-order valence-corrected chi connectivity index (χ2v) is 5.47. The number of esters is 1. The van der Waals surface area contributed by atoms with Crippen LogP contribution in [-0.2, 0) is 9.47 Å². The average Bonchev–Trinajstić information content (AvgIpc) is 2.73. The van der Waals surface area contributed by atoms with Gasteiger partial charge in [-0.2, -0.15) is 0 Å². The Hall–Kier alpha value is -0.590. The minimum atomic E-state index is -0.260. The topological polar surface area (TPSA) is 38.8 Å². The Balaban J connectivity index is 2.14. The van der Waals surface area contributed by atoms with E-state index < -0.39 is 0 Å². The summed E-state index contributed by atoms with van der Waals surface area (Å²) in [6.07, 6.45) is 0. The smallest absolute Gasteiger partial charge is 0.349 e. The highest BCUT2D eigenvalue weighted by molar-refractivity contribution is 9.10. The zero-order valence-electron chi connectivity index (χ0n) is 9.57. The third kappa shape index (κ3) is 3.00. The molecule has 0 N–H and O–H groups in total. The van der Waals surface area contributed by atoms with Crippen molar-refractivity contribution in [3.8, 4) is 0 Å². The zero-order chi connectivity index (χ0) is 12.3. The van der Waals surface area contributed by atoms with Gasteiger partial charge in [-0.15, -0.1) is 11.3 Å². The van der Waals surface area contributed by atoms with Gasteiger partial charge in [-0.05, 0) is 28.9 Å². The Bertz CT molecular complexity index is 401. The van der Waals surface area contributed by atoms with Crippen molar-refractivity contribution in [2.45, 2.75) is 6.92 Å². The number of halogens is 1. The van der Waals surface area contributed by atoms with Crippen molar-refractivity contribution >= 4 is 38.2 Å². The molecule has 17 heavy (non-hydrogen) atoms. The normalized spacial score (nSPS) is 16.0. The molecule has 6 heteroatoms. The van der Waals surface area contributed by atoms with Gasteiger partial charge in [-0.3, -0.25) is 0 Å². The number of nitrogens with zero attached hydrogens (tertiary/aromatic N) is 1. The summed E-state index contributed by atoms with van der Waals surface area (Å²) in [7, 11) is 0. The number of hydrogen-bond acceptors (Lipinski definition) is 5. The molecule has 2 heterocycles. The molecule has 0 saturated carbocycles. The molecule has 1 aromatic heterocycles. The minimum Gasteiger partial charge on any atom is -0.462 e. The third-order valence-corrected chi connectivity index (χ3v) is 4.52. The van der Waals surface area contributed by atoms with E-state index in [1.807, 2.05) is 13.0 Å². The van der Waals surface area contributed by atoms with Crippen molar-refractivity contribution in [3.63, 3.8) is 0 Å². The molecule has 0 amide bonds. The standard InChI is InChI=1S/C11H14BrNO3S/c1-2-16-11(14)10-8(12)7-9(17-10)13-3-5-15-6-4-13/h7H,2-6H2,1H3. The lowest BCUT2D eigenvalue weighted by Crippen LogP contribution is -2.35. The van der Waals surface area contributed by atoms with E-state index in [0.29, 0.717) is 11.5 Å². The largest absolute Gasteiger partial charge is 0.462 e. The number of anilines is 1. The lowest BCUT2D eigenvalue weighted by atomic mass is 10.4. The SMILES string of the molecule is CCOC(=O)c1sc(N2CCOCC2)cc1Br. The van der Waals surface area contributed by atoms with Crippen LogP contribution in [0.4, 0.5) is 5.00 Å². The van der Waals surface area contributed by atoms with Crippen LogP contribution in [0, 0.1) is 0 Å². The lowest BCUT2D eigenvalue weighted by molar-refractivity contribution is 0.0531. The summed E-state index contributed by atoms with van der Waals surface area (Å²) in [5, 5.41) is 1.09. The van der Waals surface area contributed by atoms with Crippen molar-refractivity contribution in [1.82, 2.24) is 0 Å². The third-order valence-electron chi connectivity index (χ3n) is 2.46. The summed E-state index contributed by atoms with van der Waals surface area (Å²) in [6, 6.07) is 1.97. The van der Waals surface area contributed by atoms with Gasteiger partial charge >= 0.3 is 5.97 Å². The number of hydrogen-bond donors (Lipinski definition) is 0. The van der Waals surface area contributed by atoms with Gasteiger partial charge in [0.25, 0.3) is 0 Å². The Morgan fingerprint density at radius 2 is 2.29 bits per heavy atom. The van der Waals surface area contributed by atoms with Crippen molar-refractivity contribution in [3.05, 3.63) is 15.4 Å². The van der Waals surface area contributed by atoms with Crippen molar-refractivity contribution in [2.75, 3.05) is 37.8 Å². The molecule has 1 saturated heterocycles. The summed E-state index contributed by atoms with van der Waals surface area (Å²) in [4.78, 5) is 14.5. The summed E-state index contributed by atoms with van der Waals surface area (Å²) < 4.78 is 11.1. The van der Waals surface area contributed by atoms with Gasteiger partial charge in [0.2, 0.25) is 0 Å². The Labute approximate surface area is 113 Å². The summed E-state index contributed by atoms with van der Waals surface area (Å²) in [6.45, 7) is 5.43. The quantitative estimate of drug-likeness (QED) is 0.802. The molecule has 1 aliphatic rings. The monoisotopic (exact) mass is 319 g/mol. The molecular formula is C11H14BrNO3S. The molecule has 4 nitrogen and oxygen atoms in total. The first-order chi connectivity index (χ1) is 8.22. The van der Waals surface area contributed by atoms with Crippen LogP contribution in [0.2, 0.25) is 0 Å². The fraction of sp³-hybridized carbons (Fsp3) is 0.545. The zero-order valence-corrected chi connectivity index (χ0v) is 12.0. The van der Waals surface area contributed by atoms with Gasteiger partial charge in [0.05, 0.1) is 24.8 Å². The summed E-state index contributed by atoms with van der Waals surface area (Å²) >= 11 is 4.87. The molecule has 0 atom stereocenters.